The highest BCUT2D eigenvalue weighted by Gasteiger charge is 2.29. The molecule has 7 heteroatoms. The number of carboxylic acid groups (broad SMARTS) is 1. The number of hydrogen-bond acceptors (Lipinski definition) is 6. The molecule has 1 atom stereocenters. The van der Waals surface area contributed by atoms with Crippen LogP contribution in [0.4, 0.5) is 0 Å². The second kappa shape index (κ2) is 6.13. The Hall–Kier alpha value is -1.08. The van der Waals surface area contributed by atoms with Gasteiger partial charge in [0.2, 0.25) is 5.89 Å². The van der Waals surface area contributed by atoms with Crippen LogP contribution >= 0.6 is 11.8 Å². The first-order valence-electron chi connectivity index (χ1n) is 6.70. The largest absolute Gasteiger partial charge is 0.481 e. The fourth-order valence-electron chi connectivity index (χ4n) is 2.31. The lowest BCUT2D eigenvalue weighted by Crippen LogP contribution is -2.33. The highest BCUT2D eigenvalue weighted by molar-refractivity contribution is 7.99. The summed E-state index contributed by atoms with van der Waals surface area (Å²) in [6.07, 6.45) is 0.569. The Morgan fingerprint density at radius 2 is 2.35 bits per heavy atom. The molecule has 2 heterocycles. The molecule has 0 radical (unpaired) electrons. The van der Waals surface area contributed by atoms with Crippen molar-refractivity contribution < 1.29 is 14.4 Å². The van der Waals surface area contributed by atoms with Crippen molar-refractivity contribution in [3.63, 3.8) is 0 Å². The molecule has 1 aromatic rings. The first-order valence-corrected chi connectivity index (χ1v) is 7.85. The molecule has 0 bridgehead atoms. The van der Waals surface area contributed by atoms with E-state index in [0.29, 0.717) is 18.1 Å². The zero-order valence-corrected chi connectivity index (χ0v) is 12.9. The summed E-state index contributed by atoms with van der Waals surface area (Å²) >= 11 is 1.89. The van der Waals surface area contributed by atoms with Crippen LogP contribution in [0, 0.1) is 5.41 Å². The smallest absolute Gasteiger partial charge is 0.303 e. The Labute approximate surface area is 122 Å². The molecule has 0 amide bonds. The molecular weight excluding hydrogens is 278 g/mol. The summed E-state index contributed by atoms with van der Waals surface area (Å²) in [6.45, 7) is 4.81. The summed E-state index contributed by atoms with van der Waals surface area (Å²) < 4.78 is 5.29. The lowest BCUT2D eigenvalue weighted by atomic mass is 9.86. The summed E-state index contributed by atoms with van der Waals surface area (Å²) in [5, 5.41) is 13.0. The van der Waals surface area contributed by atoms with Crippen LogP contribution in [0.3, 0.4) is 0 Å². The molecule has 1 aliphatic rings. The molecule has 1 fully saturated rings. The Morgan fingerprint density at radius 1 is 1.60 bits per heavy atom. The van der Waals surface area contributed by atoms with Crippen LogP contribution < -0.4 is 0 Å². The van der Waals surface area contributed by atoms with E-state index >= 15 is 0 Å². The molecule has 1 aliphatic heterocycles. The number of nitrogens with zero attached hydrogens (tertiary/aromatic N) is 3. The molecule has 1 unspecified atom stereocenters. The fraction of sp³-hybridized carbons (Fsp3) is 0.769. The monoisotopic (exact) mass is 299 g/mol. The van der Waals surface area contributed by atoms with E-state index in [1.807, 2.05) is 25.6 Å². The van der Waals surface area contributed by atoms with Gasteiger partial charge in [0.05, 0.1) is 12.5 Å². The summed E-state index contributed by atoms with van der Waals surface area (Å²) in [4.78, 5) is 17.5. The highest BCUT2D eigenvalue weighted by Crippen LogP contribution is 2.29. The molecule has 1 N–H and O–H groups in total. The van der Waals surface area contributed by atoms with Gasteiger partial charge in [-0.15, -0.1) is 0 Å². The molecule has 0 spiro atoms. The van der Waals surface area contributed by atoms with Crippen LogP contribution in [0.25, 0.3) is 0 Å². The van der Waals surface area contributed by atoms with Crippen molar-refractivity contribution in [1.29, 1.82) is 0 Å². The molecular formula is C13H21N3O3S. The number of carboxylic acids is 1. The van der Waals surface area contributed by atoms with Gasteiger partial charge in [-0.1, -0.05) is 19.0 Å². The van der Waals surface area contributed by atoms with E-state index in [-0.39, 0.29) is 17.9 Å². The third kappa shape index (κ3) is 3.96. The van der Waals surface area contributed by atoms with Gasteiger partial charge in [-0.05, 0) is 12.5 Å². The SMILES string of the molecule is CN1CCSCC1c1noc(CC(C)(C)CC(=O)O)n1. The Morgan fingerprint density at radius 3 is 3.00 bits per heavy atom. The molecule has 1 aromatic heterocycles. The van der Waals surface area contributed by atoms with Gasteiger partial charge in [0.1, 0.15) is 0 Å². The topological polar surface area (TPSA) is 79.5 Å². The van der Waals surface area contributed by atoms with Crippen LogP contribution in [0.1, 0.15) is 38.0 Å². The summed E-state index contributed by atoms with van der Waals surface area (Å²) in [5.74, 6) is 2.52. The number of hydrogen-bond donors (Lipinski definition) is 1. The van der Waals surface area contributed by atoms with Gasteiger partial charge < -0.3 is 9.63 Å². The summed E-state index contributed by atoms with van der Waals surface area (Å²) in [7, 11) is 2.06. The lowest BCUT2D eigenvalue weighted by Gasteiger charge is -2.29. The van der Waals surface area contributed by atoms with Crippen molar-refractivity contribution in [1.82, 2.24) is 15.0 Å². The zero-order valence-electron chi connectivity index (χ0n) is 12.1. The molecule has 0 saturated carbocycles. The predicted molar refractivity (Wildman–Crippen MR) is 76.7 cm³/mol. The number of carbonyl (C=O) groups is 1. The van der Waals surface area contributed by atoms with Crippen LogP contribution in [0.2, 0.25) is 0 Å². The molecule has 112 valence electrons. The third-order valence-electron chi connectivity index (χ3n) is 3.44. The Kier molecular flexibility index (Phi) is 4.70. The van der Waals surface area contributed by atoms with Gasteiger partial charge >= 0.3 is 5.97 Å². The van der Waals surface area contributed by atoms with Gasteiger partial charge in [0.15, 0.2) is 5.82 Å². The molecule has 1 saturated heterocycles. The maximum atomic E-state index is 10.8. The highest BCUT2D eigenvalue weighted by atomic mass is 32.2. The summed E-state index contributed by atoms with van der Waals surface area (Å²) in [5.41, 5.74) is -0.386. The van der Waals surface area contributed by atoms with Crippen LogP contribution in [-0.2, 0) is 11.2 Å². The average molecular weight is 299 g/mol. The molecule has 2 rings (SSSR count). The van der Waals surface area contributed by atoms with Gasteiger partial charge in [-0.25, -0.2) is 0 Å². The minimum absolute atomic E-state index is 0.0872. The van der Waals surface area contributed by atoms with E-state index in [1.165, 1.54) is 0 Å². The minimum Gasteiger partial charge on any atom is -0.481 e. The van der Waals surface area contributed by atoms with Crippen molar-refractivity contribution in [2.75, 3.05) is 25.1 Å². The van der Waals surface area contributed by atoms with E-state index in [4.69, 9.17) is 9.63 Å². The van der Waals surface area contributed by atoms with Crippen molar-refractivity contribution >= 4 is 17.7 Å². The van der Waals surface area contributed by atoms with E-state index in [9.17, 15) is 4.79 Å². The van der Waals surface area contributed by atoms with Crippen molar-refractivity contribution in [3.05, 3.63) is 11.7 Å². The van der Waals surface area contributed by atoms with Crippen LogP contribution in [0.15, 0.2) is 4.52 Å². The Balaban J connectivity index is 2.03. The van der Waals surface area contributed by atoms with E-state index in [1.54, 1.807) is 0 Å². The fourth-order valence-corrected chi connectivity index (χ4v) is 3.53. The van der Waals surface area contributed by atoms with Crippen LogP contribution in [0.5, 0.6) is 0 Å². The lowest BCUT2D eigenvalue weighted by molar-refractivity contribution is -0.139. The van der Waals surface area contributed by atoms with Gasteiger partial charge in [-0.2, -0.15) is 16.7 Å². The normalized spacial score (nSPS) is 21.1. The maximum absolute atomic E-state index is 10.8. The minimum atomic E-state index is -0.807. The quantitative estimate of drug-likeness (QED) is 0.888. The molecule has 6 nitrogen and oxygen atoms in total. The van der Waals surface area contributed by atoms with E-state index < -0.39 is 5.97 Å². The average Bonchev–Trinajstić information content (AvgIpc) is 2.75. The molecule has 0 aromatic carbocycles. The third-order valence-corrected chi connectivity index (χ3v) is 4.46. The van der Waals surface area contributed by atoms with Gasteiger partial charge in [0.25, 0.3) is 0 Å². The van der Waals surface area contributed by atoms with E-state index in [0.717, 1.165) is 18.1 Å². The second-order valence-corrected chi connectivity index (χ2v) is 7.18. The van der Waals surface area contributed by atoms with E-state index in [2.05, 4.69) is 22.1 Å². The molecule has 20 heavy (non-hydrogen) atoms. The summed E-state index contributed by atoms with van der Waals surface area (Å²) in [6, 6.07) is 0.189. The van der Waals surface area contributed by atoms with Gasteiger partial charge in [0, 0.05) is 24.5 Å². The first-order chi connectivity index (χ1) is 9.37. The van der Waals surface area contributed by atoms with Crippen molar-refractivity contribution in [2.45, 2.75) is 32.7 Å². The predicted octanol–water partition coefficient (Wildman–Crippen LogP) is 1.83. The molecule has 0 aliphatic carbocycles. The van der Waals surface area contributed by atoms with Crippen LogP contribution in [-0.4, -0.2) is 51.2 Å². The first kappa shape index (κ1) is 15.3. The number of thioether (sulfide) groups is 1. The van der Waals surface area contributed by atoms with Gasteiger partial charge in [-0.3, -0.25) is 9.69 Å². The second-order valence-electron chi connectivity index (χ2n) is 6.03. The number of rotatable bonds is 5. The standard InChI is InChI=1S/C13H21N3O3S/c1-13(2,7-11(17)18)6-10-14-12(15-19-10)9-8-20-5-4-16(9)3/h9H,4-8H2,1-3H3,(H,17,18). The Bertz CT molecular complexity index is 475. The zero-order chi connectivity index (χ0) is 14.8. The number of aliphatic carboxylic acids is 1. The number of aromatic nitrogens is 2. The van der Waals surface area contributed by atoms with Crippen molar-refractivity contribution in [2.24, 2.45) is 5.41 Å². The van der Waals surface area contributed by atoms with Crippen molar-refractivity contribution in [3.8, 4) is 0 Å². The maximum Gasteiger partial charge on any atom is 0.303 e.